The molecule has 0 fully saturated rings. The van der Waals surface area contributed by atoms with E-state index >= 15 is 0 Å². The molecule has 0 radical (unpaired) electrons. The molecule has 3 rings (SSSR count). The highest BCUT2D eigenvalue weighted by molar-refractivity contribution is 7.91. The number of nitrogens with zero attached hydrogens (tertiary/aromatic N) is 2. The molecule has 0 aliphatic carbocycles. The van der Waals surface area contributed by atoms with Gasteiger partial charge in [0.1, 0.15) is 23.4 Å². The van der Waals surface area contributed by atoms with Crippen LogP contribution >= 0.6 is 11.6 Å². The third kappa shape index (κ3) is 5.60. The van der Waals surface area contributed by atoms with E-state index in [1.807, 2.05) is 7.05 Å². The number of hydrogen-bond acceptors (Lipinski definition) is 6. The topological polar surface area (TPSA) is 99.5 Å². The summed E-state index contributed by atoms with van der Waals surface area (Å²) in [6, 6.07) is 10.5. The van der Waals surface area contributed by atoms with Crippen LogP contribution in [0.4, 0.5) is 0 Å². The van der Waals surface area contributed by atoms with Crippen molar-refractivity contribution in [2.75, 3.05) is 20.0 Å². The maximum absolute atomic E-state index is 12.8. The Balaban J connectivity index is 1.82. The Bertz CT molecular complexity index is 1170. The maximum Gasteiger partial charge on any atom is 0.221 e. The van der Waals surface area contributed by atoms with Gasteiger partial charge in [0, 0.05) is 37.0 Å². The minimum Gasteiger partial charge on any atom is -0.497 e. The van der Waals surface area contributed by atoms with Gasteiger partial charge in [-0.2, -0.15) is 0 Å². The van der Waals surface area contributed by atoms with E-state index in [2.05, 4.69) is 10.3 Å². The largest absolute Gasteiger partial charge is 0.497 e. The first-order valence-electron chi connectivity index (χ1n) is 9.71. The molecule has 0 aliphatic rings. The number of benzene rings is 2. The quantitative estimate of drug-likeness (QED) is 0.508. The normalized spacial score (nSPS) is 12.2. The lowest BCUT2D eigenvalue weighted by molar-refractivity contribution is -0.121. The fourth-order valence-corrected chi connectivity index (χ4v) is 4.53. The molecule has 3 aromatic rings. The number of carbonyl (C=O) groups excluding carboxylic acids is 1. The minimum absolute atomic E-state index is 0.118. The SMILES string of the molecule is COc1cc(OC)cc(C(NC(=O)CCS(=O)(=O)c2ccc(Cl)cc2)c2nccn2C)c1. The summed E-state index contributed by atoms with van der Waals surface area (Å²) in [6.45, 7) is 0. The molecule has 10 heteroatoms. The van der Waals surface area contributed by atoms with E-state index in [-0.39, 0.29) is 17.1 Å². The second-order valence-electron chi connectivity index (χ2n) is 7.07. The summed E-state index contributed by atoms with van der Waals surface area (Å²) in [7, 11) is 1.25. The average Bonchev–Trinajstić information content (AvgIpc) is 3.21. The highest BCUT2D eigenvalue weighted by Crippen LogP contribution is 2.29. The Morgan fingerprint density at radius 1 is 1.12 bits per heavy atom. The lowest BCUT2D eigenvalue weighted by Gasteiger charge is -2.20. The first kappa shape index (κ1) is 23.6. The van der Waals surface area contributed by atoms with E-state index in [1.165, 1.54) is 38.5 Å². The smallest absolute Gasteiger partial charge is 0.221 e. The summed E-state index contributed by atoms with van der Waals surface area (Å²) in [5.74, 6) is 0.914. The van der Waals surface area contributed by atoms with Gasteiger partial charge in [-0.1, -0.05) is 11.6 Å². The van der Waals surface area contributed by atoms with Gasteiger partial charge in [0.25, 0.3) is 0 Å². The van der Waals surface area contributed by atoms with E-state index in [9.17, 15) is 13.2 Å². The van der Waals surface area contributed by atoms with Gasteiger partial charge in [-0.25, -0.2) is 13.4 Å². The third-order valence-corrected chi connectivity index (χ3v) is 6.88. The summed E-state index contributed by atoms with van der Waals surface area (Å²) in [6.07, 6.45) is 3.17. The van der Waals surface area contributed by atoms with Crippen molar-refractivity contribution in [2.45, 2.75) is 17.4 Å². The van der Waals surface area contributed by atoms with Crippen LogP contribution in [-0.2, 0) is 21.7 Å². The molecule has 1 atom stereocenters. The highest BCUT2D eigenvalue weighted by atomic mass is 35.5. The lowest BCUT2D eigenvalue weighted by Crippen LogP contribution is -2.32. The fraction of sp³-hybridized carbons (Fsp3) is 0.273. The summed E-state index contributed by atoms with van der Waals surface area (Å²) < 4.78 is 37.6. The molecule has 32 heavy (non-hydrogen) atoms. The molecule has 0 spiro atoms. The summed E-state index contributed by atoms with van der Waals surface area (Å²) >= 11 is 5.82. The van der Waals surface area contributed by atoms with E-state index in [4.69, 9.17) is 21.1 Å². The molecule has 0 saturated heterocycles. The van der Waals surface area contributed by atoms with Gasteiger partial charge in [-0.3, -0.25) is 4.79 Å². The van der Waals surface area contributed by atoms with Crippen LogP contribution < -0.4 is 14.8 Å². The van der Waals surface area contributed by atoms with Crippen LogP contribution in [0.25, 0.3) is 0 Å². The maximum atomic E-state index is 12.8. The van der Waals surface area contributed by atoms with Crippen molar-refractivity contribution >= 4 is 27.3 Å². The first-order valence-corrected chi connectivity index (χ1v) is 11.7. The van der Waals surface area contributed by atoms with E-state index in [1.54, 1.807) is 35.2 Å². The van der Waals surface area contributed by atoms with E-state index < -0.39 is 21.8 Å². The number of rotatable bonds is 9. The van der Waals surface area contributed by atoms with Gasteiger partial charge in [-0.05, 0) is 42.0 Å². The molecule has 1 N–H and O–H groups in total. The Kier molecular flexibility index (Phi) is 7.42. The van der Waals surface area contributed by atoms with Crippen LogP contribution in [-0.4, -0.2) is 43.8 Å². The Labute approximate surface area is 192 Å². The number of imidazole rings is 1. The standard InChI is InChI=1S/C22H24ClN3O5S/c1-26-10-9-24-22(26)21(15-12-17(30-2)14-18(13-15)31-3)25-20(27)8-11-32(28,29)19-6-4-16(23)5-7-19/h4-7,9-10,12-14,21H,8,11H2,1-3H3,(H,25,27). The van der Waals surface area contributed by atoms with Gasteiger partial charge >= 0.3 is 0 Å². The monoisotopic (exact) mass is 477 g/mol. The van der Waals surface area contributed by atoms with Gasteiger partial charge < -0.3 is 19.4 Å². The molecule has 1 unspecified atom stereocenters. The highest BCUT2D eigenvalue weighted by Gasteiger charge is 2.24. The van der Waals surface area contributed by atoms with Crippen molar-refractivity contribution in [1.82, 2.24) is 14.9 Å². The van der Waals surface area contributed by atoms with Crippen molar-refractivity contribution in [3.63, 3.8) is 0 Å². The molecular formula is C22H24ClN3O5S. The third-order valence-electron chi connectivity index (χ3n) is 4.90. The predicted octanol–water partition coefficient (Wildman–Crippen LogP) is 3.16. The lowest BCUT2D eigenvalue weighted by atomic mass is 10.0. The van der Waals surface area contributed by atoms with E-state index in [0.29, 0.717) is 27.9 Å². The molecule has 0 bridgehead atoms. The minimum atomic E-state index is -3.64. The number of aromatic nitrogens is 2. The molecule has 8 nitrogen and oxygen atoms in total. The molecule has 2 aromatic carbocycles. The molecule has 1 amide bonds. The number of carbonyl (C=O) groups is 1. The first-order chi connectivity index (χ1) is 15.2. The number of ether oxygens (including phenoxy) is 2. The molecule has 1 heterocycles. The van der Waals surface area contributed by atoms with Crippen molar-refractivity contribution in [3.05, 3.63) is 71.3 Å². The van der Waals surface area contributed by atoms with Crippen LogP contribution in [0.5, 0.6) is 11.5 Å². The summed E-state index contributed by atoms with van der Waals surface area (Å²) in [5.41, 5.74) is 0.685. The Morgan fingerprint density at radius 2 is 1.75 bits per heavy atom. The molecular weight excluding hydrogens is 454 g/mol. The van der Waals surface area contributed by atoms with Crippen LogP contribution in [0.2, 0.25) is 5.02 Å². The van der Waals surface area contributed by atoms with Gasteiger partial charge in [0.05, 0.1) is 24.9 Å². The zero-order valence-electron chi connectivity index (χ0n) is 17.9. The average molecular weight is 478 g/mol. The van der Waals surface area contributed by atoms with E-state index in [0.717, 1.165) is 0 Å². The second-order valence-corrected chi connectivity index (χ2v) is 9.61. The van der Waals surface area contributed by atoms with Crippen molar-refractivity contribution in [2.24, 2.45) is 7.05 Å². The predicted molar refractivity (Wildman–Crippen MR) is 121 cm³/mol. The Morgan fingerprint density at radius 3 is 2.28 bits per heavy atom. The fourth-order valence-electron chi connectivity index (χ4n) is 3.17. The summed E-state index contributed by atoms with van der Waals surface area (Å²) in [4.78, 5) is 17.3. The van der Waals surface area contributed by atoms with Crippen LogP contribution in [0.3, 0.4) is 0 Å². The molecule has 1 aromatic heterocycles. The second kappa shape index (κ2) is 10.1. The number of sulfone groups is 1. The van der Waals surface area contributed by atoms with Crippen LogP contribution in [0.15, 0.2) is 59.8 Å². The molecule has 170 valence electrons. The van der Waals surface area contributed by atoms with Crippen molar-refractivity contribution < 1.29 is 22.7 Å². The van der Waals surface area contributed by atoms with Gasteiger partial charge in [0.15, 0.2) is 9.84 Å². The van der Waals surface area contributed by atoms with Gasteiger partial charge in [0.2, 0.25) is 5.91 Å². The van der Waals surface area contributed by atoms with Crippen molar-refractivity contribution in [3.8, 4) is 11.5 Å². The Hall–Kier alpha value is -3.04. The number of hydrogen-bond donors (Lipinski definition) is 1. The zero-order chi connectivity index (χ0) is 23.3. The number of aryl methyl sites for hydroxylation is 1. The number of amides is 1. The van der Waals surface area contributed by atoms with Gasteiger partial charge in [-0.15, -0.1) is 0 Å². The number of halogens is 1. The van der Waals surface area contributed by atoms with Crippen LogP contribution in [0.1, 0.15) is 23.9 Å². The summed E-state index contributed by atoms with van der Waals surface area (Å²) in [5, 5.41) is 3.33. The van der Waals surface area contributed by atoms with Crippen molar-refractivity contribution in [1.29, 1.82) is 0 Å². The number of methoxy groups -OCH3 is 2. The molecule has 0 saturated carbocycles. The zero-order valence-corrected chi connectivity index (χ0v) is 19.5. The number of nitrogens with one attached hydrogen (secondary N) is 1. The van der Waals surface area contributed by atoms with Crippen LogP contribution in [0, 0.1) is 0 Å². The molecule has 0 aliphatic heterocycles.